The smallest absolute Gasteiger partial charge is 0.416 e. The van der Waals surface area contributed by atoms with Crippen LogP contribution in [0.3, 0.4) is 0 Å². The lowest BCUT2D eigenvalue weighted by Crippen LogP contribution is -2.24. The van der Waals surface area contributed by atoms with Gasteiger partial charge in [0, 0.05) is 19.7 Å². The number of benzene rings is 2. The van der Waals surface area contributed by atoms with Crippen LogP contribution in [-0.4, -0.2) is 30.1 Å². The minimum atomic E-state index is -4.39. The van der Waals surface area contributed by atoms with Gasteiger partial charge >= 0.3 is 6.18 Å². The van der Waals surface area contributed by atoms with Crippen LogP contribution in [-0.2, 0) is 24.1 Å². The first kappa shape index (κ1) is 24.9. The fraction of sp³-hybridized carbons (Fsp3) is 0.280. The van der Waals surface area contributed by atoms with Crippen LogP contribution in [0.2, 0.25) is 0 Å². The largest absolute Gasteiger partial charge is 0.493 e. The molecular formula is C25H25F3N2O4. The van der Waals surface area contributed by atoms with E-state index in [4.69, 9.17) is 14.0 Å². The number of hydrogen-bond acceptors (Lipinski definition) is 5. The molecule has 3 aromatic rings. The quantitative estimate of drug-likeness (QED) is 0.400. The highest BCUT2D eigenvalue weighted by Crippen LogP contribution is 2.30. The zero-order valence-corrected chi connectivity index (χ0v) is 19.3. The topological polar surface area (TPSA) is 64.8 Å². The fourth-order valence-corrected chi connectivity index (χ4v) is 3.21. The molecule has 1 heterocycles. The van der Waals surface area contributed by atoms with E-state index in [0.717, 1.165) is 29.0 Å². The van der Waals surface area contributed by atoms with Crippen molar-refractivity contribution in [1.29, 1.82) is 0 Å². The number of carbonyl (C=O) groups is 1. The van der Waals surface area contributed by atoms with E-state index >= 15 is 0 Å². The van der Waals surface area contributed by atoms with Gasteiger partial charge in [-0.25, -0.2) is 0 Å². The number of alkyl halides is 3. The summed E-state index contributed by atoms with van der Waals surface area (Å²) >= 11 is 0. The first-order valence-electron chi connectivity index (χ1n) is 10.4. The van der Waals surface area contributed by atoms with E-state index in [0.29, 0.717) is 22.8 Å². The van der Waals surface area contributed by atoms with E-state index in [-0.39, 0.29) is 19.1 Å². The predicted octanol–water partition coefficient (Wildman–Crippen LogP) is 5.57. The molecule has 180 valence electrons. The Morgan fingerprint density at radius 1 is 1.12 bits per heavy atom. The van der Waals surface area contributed by atoms with Crippen LogP contribution in [0, 0.1) is 13.8 Å². The van der Waals surface area contributed by atoms with E-state index in [2.05, 4.69) is 5.16 Å². The summed E-state index contributed by atoms with van der Waals surface area (Å²) in [5.41, 5.74) is 2.22. The maximum absolute atomic E-state index is 12.7. The summed E-state index contributed by atoms with van der Waals surface area (Å²) in [6.45, 7) is 4.11. The number of aromatic nitrogens is 1. The molecule has 6 nitrogen and oxygen atoms in total. The number of methoxy groups -OCH3 is 1. The van der Waals surface area contributed by atoms with Crippen LogP contribution in [0.25, 0.3) is 6.08 Å². The van der Waals surface area contributed by atoms with Gasteiger partial charge in [-0.3, -0.25) is 4.79 Å². The Hall–Kier alpha value is -3.75. The van der Waals surface area contributed by atoms with Crippen LogP contribution in [0.4, 0.5) is 13.2 Å². The van der Waals surface area contributed by atoms with Crippen molar-refractivity contribution in [3.05, 3.63) is 82.2 Å². The number of hydrogen-bond donors (Lipinski definition) is 0. The van der Waals surface area contributed by atoms with E-state index in [1.165, 1.54) is 30.2 Å². The molecule has 0 aliphatic rings. The van der Waals surface area contributed by atoms with Gasteiger partial charge in [-0.1, -0.05) is 23.4 Å². The SMILES string of the molecule is COc1cc(/C=C/C(=O)N(C)Cc2ccc(C(F)(F)F)cc2)ccc1OCc1c(C)noc1C. The van der Waals surface area contributed by atoms with Crippen LogP contribution >= 0.6 is 0 Å². The molecule has 0 spiro atoms. The lowest BCUT2D eigenvalue weighted by atomic mass is 10.1. The Morgan fingerprint density at radius 3 is 2.41 bits per heavy atom. The summed E-state index contributed by atoms with van der Waals surface area (Å²) in [6.07, 6.45) is -1.37. The second-order valence-electron chi connectivity index (χ2n) is 7.72. The van der Waals surface area contributed by atoms with E-state index in [1.807, 2.05) is 13.8 Å². The molecule has 0 aliphatic heterocycles. The summed E-state index contributed by atoms with van der Waals surface area (Å²) in [7, 11) is 3.10. The van der Waals surface area contributed by atoms with E-state index in [1.54, 1.807) is 31.3 Å². The number of rotatable bonds is 8. The molecule has 3 rings (SSSR count). The molecule has 0 saturated heterocycles. The van der Waals surface area contributed by atoms with Crippen molar-refractivity contribution < 1.29 is 32.0 Å². The molecule has 2 aromatic carbocycles. The zero-order valence-electron chi connectivity index (χ0n) is 19.3. The number of ether oxygens (including phenoxy) is 2. The van der Waals surface area contributed by atoms with Gasteiger partial charge in [-0.2, -0.15) is 13.2 Å². The zero-order chi connectivity index (χ0) is 24.9. The van der Waals surface area contributed by atoms with Gasteiger partial charge in [0.15, 0.2) is 11.5 Å². The summed E-state index contributed by atoms with van der Waals surface area (Å²) in [6, 6.07) is 10.0. The number of aryl methyl sites for hydroxylation is 2. The van der Waals surface area contributed by atoms with Crippen molar-refractivity contribution in [3.8, 4) is 11.5 Å². The Kier molecular flexibility index (Phi) is 7.65. The summed E-state index contributed by atoms with van der Waals surface area (Å²) < 4.78 is 54.5. The van der Waals surface area contributed by atoms with Gasteiger partial charge in [-0.05, 0) is 55.3 Å². The molecule has 0 atom stereocenters. The second-order valence-corrected chi connectivity index (χ2v) is 7.72. The number of likely N-dealkylation sites (N-methyl/N-ethyl adjacent to an activating group) is 1. The third-order valence-corrected chi connectivity index (χ3v) is 5.24. The third-order valence-electron chi connectivity index (χ3n) is 5.24. The average Bonchev–Trinajstić information content (AvgIpc) is 3.13. The maximum Gasteiger partial charge on any atom is 0.416 e. The van der Waals surface area contributed by atoms with E-state index in [9.17, 15) is 18.0 Å². The molecule has 0 bridgehead atoms. The van der Waals surface area contributed by atoms with Gasteiger partial charge in [0.05, 0.1) is 23.9 Å². The molecule has 34 heavy (non-hydrogen) atoms. The van der Waals surface area contributed by atoms with Gasteiger partial charge in [0.1, 0.15) is 12.4 Å². The first-order chi connectivity index (χ1) is 16.1. The molecule has 0 radical (unpaired) electrons. The van der Waals surface area contributed by atoms with Crippen molar-refractivity contribution in [3.63, 3.8) is 0 Å². The first-order valence-corrected chi connectivity index (χ1v) is 10.4. The minimum Gasteiger partial charge on any atom is -0.493 e. The summed E-state index contributed by atoms with van der Waals surface area (Å²) in [5.74, 6) is 1.43. The molecule has 9 heteroatoms. The molecular weight excluding hydrogens is 449 g/mol. The maximum atomic E-state index is 12.7. The van der Waals surface area contributed by atoms with Crippen LogP contribution in [0.5, 0.6) is 11.5 Å². The normalized spacial score (nSPS) is 11.6. The lowest BCUT2D eigenvalue weighted by Gasteiger charge is -2.16. The Balaban J connectivity index is 1.62. The van der Waals surface area contributed by atoms with Crippen molar-refractivity contribution in [2.45, 2.75) is 33.2 Å². The lowest BCUT2D eigenvalue weighted by molar-refractivity contribution is -0.137. The predicted molar refractivity (Wildman–Crippen MR) is 120 cm³/mol. The highest BCUT2D eigenvalue weighted by atomic mass is 19.4. The number of carbonyl (C=O) groups excluding carboxylic acids is 1. The Bertz CT molecular complexity index is 1150. The monoisotopic (exact) mass is 474 g/mol. The Morgan fingerprint density at radius 2 is 1.82 bits per heavy atom. The highest BCUT2D eigenvalue weighted by molar-refractivity contribution is 5.91. The van der Waals surface area contributed by atoms with Crippen LogP contribution in [0.15, 0.2) is 53.1 Å². The van der Waals surface area contributed by atoms with Gasteiger partial charge in [0.2, 0.25) is 5.91 Å². The number of halogens is 3. The summed E-state index contributed by atoms with van der Waals surface area (Å²) in [4.78, 5) is 13.9. The van der Waals surface area contributed by atoms with Gasteiger partial charge < -0.3 is 18.9 Å². The van der Waals surface area contributed by atoms with Crippen molar-refractivity contribution in [1.82, 2.24) is 10.1 Å². The molecule has 0 N–H and O–H groups in total. The molecule has 0 unspecified atom stereocenters. The minimum absolute atomic E-state index is 0.180. The summed E-state index contributed by atoms with van der Waals surface area (Å²) in [5, 5.41) is 3.90. The molecule has 0 saturated carbocycles. The van der Waals surface area contributed by atoms with E-state index < -0.39 is 11.7 Å². The molecule has 1 aromatic heterocycles. The fourth-order valence-electron chi connectivity index (χ4n) is 3.21. The standard InChI is InChI=1S/C25H25F3N2O4/c1-16-21(17(2)34-29-16)15-33-22-11-7-18(13-23(22)32-4)8-12-24(31)30(3)14-19-5-9-20(10-6-19)25(26,27)28/h5-13H,14-15H2,1-4H3/b12-8+. The molecule has 0 aliphatic carbocycles. The second kappa shape index (κ2) is 10.5. The van der Waals surface area contributed by atoms with Crippen molar-refractivity contribution in [2.24, 2.45) is 0 Å². The van der Waals surface area contributed by atoms with Crippen molar-refractivity contribution >= 4 is 12.0 Å². The Labute approximate surface area is 195 Å². The van der Waals surface area contributed by atoms with Crippen LogP contribution in [0.1, 0.15) is 33.7 Å². The highest BCUT2D eigenvalue weighted by Gasteiger charge is 2.30. The third kappa shape index (κ3) is 6.18. The van der Waals surface area contributed by atoms with Gasteiger partial charge in [0.25, 0.3) is 0 Å². The number of amides is 1. The average molecular weight is 474 g/mol. The van der Waals surface area contributed by atoms with Crippen molar-refractivity contribution in [2.75, 3.05) is 14.2 Å². The molecule has 1 amide bonds. The van der Waals surface area contributed by atoms with Gasteiger partial charge in [-0.15, -0.1) is 0 Å². The molecule has 0 fully saturated rings. The van der Waals surface area contributed by atoms with Crippen LogP contribution < -0.4 is 9.47 Å². The number of nitrogens with zero attached hydrogens (tertiary/aromatic N) is 2.